The highest BCUT2D eigenvalue weighted by atomic mass is 35.5. The summed E-state index contributed by atoms with van der Waals surface area (Å²) in [6.07, 6.45) is 5.66. The number of piperazine rings is 2. The molecule has 0 unspecified atom stereocenters. The van der Waals surface area contributed by atoms with Crippen molar-refractivity contribution in [2.45, 2.75) is 74.8 Å². The lowest BCUT2D eigenvalue weighted by molar-refractivity contribution is -0.150. The molecule has 13 nitrogen and oxygen atoms in total. The van der Waals surface area contributed by atoms with Gasteiger partial charge in [-0.1, -0.05) is 58.5 Å². The van der Waals surface area contributed by atoms with E-state index in [9.17, 15) is 9.59 Å². The summed E-state index contributed by atoms with van der Waals surface area (Å²) < 4.78 is 11.8. The van der Waals surface area contributed by atoms with Gasteiger partial charge in [-0.25, -0.2) is 0 Å². The van der Waals surface area contributed by atoms with Crippen molar-refractivity contribution in [2.75, 3.05) is 92.9 Å². The standard InChI is InChI=1S/C20H27Cl2N3O2.C19H25Cl2N3O2.CH2O2.CH4O/c1-23-8-9-25(19(26)11-14-4-5-15(21)16(22)10-14)20-17(23)12-27-13-18(20)24-6-2-3-7-24;20-14-4-3-13(9-15(14)21)10-18(25)24-8-5-22-16-11-26-12-17(19(16)24)23-6-1-2-7-23;2-1-3;1-2/h4-5,10,17-18,20H,2-3,6-9,11-13H2,1H3;3-4,9,16-17,19,22H,1-2,5-8,10-12H2;1H,(H,2,3);2H,1H3/t17-,18+,20+;16-,17+,19+;;/m11../s1. The maximum absolute atomic E-state index is 13.3. The average Bonchev–Trinajstić information content (AvgIpc) is 3.98. The normalized spacial score (nSPS) is 27.4. The molecule has 322 valence electrons. The number of aliphatic hydroxyl groups excluding tert-OH is 1. The van der Waals surface area contributed by atoms with Gasteiger partial charge < -0.3 is 34.8 Å². The maximum Gasteiger partial charge on any atom is 0.290 e. The van der Waals surface area contributed by atoms with E-state index in [0.29, 0.717) is 59.4 Å². The lowest BCUT2D eigenvalue weighted by atomic mass is 9.91. The number of ether oxygens (including phenoxy) is 2. The van der Waals surface area contributed by atoms with Crippen LogP contribution in [0.5, 0.6) is 0 Å². The Balaban J connectivity index is 0.000000199. The minimum atomic E-state index is -0.250. The number of carboxylic acid groups (broad SMARTS) is 1. The Morgan fingerprint density at radius 3 is 1.62 bits per heavy atom. The van der Waals surface area contributed by atoms with Gasteiger partial charge in [0.25, 0.3) is 6.47 Å². The SMILES string of the molecule is CN1CCN(C(=O)Cc2ccc(Cl)c(Cl)c2)[C@H]2[C@H]1COC[C@@H]2N1CCCC1.CO.O=C(Cc1ccc(Cl)c(Cl)c1)N1CCN[C@@H]2COC[C@H](N3CCCC3)[C@H]21.O=CO. The van der Waals surface area contributed by atoms with Crippen LogP contribution in [0.25, 0.3) is 0 Å². The number of aliphatic hydroxyl groups is 1. The first-order valence-electron chi connectivity index (χ1n) is 20.2. The van der Waals surface area contributed by atoms with E-state index in [-0.39, 0.29) is 54.5 Å². The molecule has 0 aliphatic carbocycles. The minimum Gasteiger partial charge on any atom is -0.483 e. The van der Waals surface area contributed by atoms with Crippen LogP contribution in [0.2, 0.25) is 20.1 Å². The first-order chi connectivity index (χ1) is 28.1. The number of fused-ring (bicyclic) bond motifs is 2. The van der Waals surface area contributed by atoms with Crippen LogP contribution < -0.4 is 5.32 Å². The summed E-state index contributed by atoms with van der Waals surface area (Å²) in [6.45, 7) is 10.2. The van der Waals surface area contributed by atoms with E-state index in [1.165, 1.54) is 25.7 Å². The molecule has 6 aliphatic rings. The van der Waals surface area contributed by atoms with Gasteiger partial charge in [-0.3, -0.25) is 29.1 Å². The monoisotopic (exact) mass is 886 g/mol. The zero-order valence-corrected chi connectivity index (χ0v) is 36.4. The summed E-state index contributed by atoms with van der Waals surface area (Å²) in [4.78, 5) is 46.3. The summed E-state index contributed by atoms with van der Waals surface area (Å²) >= 11 is 24.3. The molecule has 6 heterocycles. The molecular formula is C41H58Cl4N6O7. The third-order valence-electron chi connectivity index (χ3n) is 12.0. The average molecular weight is 889 g/mol. The van der Waals surface area contributed by atoms with Crippen molar-refractivity contribution >= 4 is 64.7 Å². The molecule has 58 heavy (non-hydrogen) atoms. The third-order valence-corrected chi connectivity index (χ3v) is 13.5. The number of carbonyl (C=O) groups excluding carboxylic acids is 2. The summed E-state index contributed by atoms with van der Waals surface area (Å²) in [7, 11) is 3.15. The highest BCUT2D eigenvalue weighted by Gasteiger charge is 2.47. The van der Waals surface area contributed by atoms with Gasteiger partial charge in [-0.2, -0.15) is 0 Å². The lowest BCUT2D eigenvalue weighted by Crippen LogP contribution is -2.70. The Labute approximate surface area is 362 Å². The maximum atomic E-state index is 13.3. The van der Waals surface area contributed by atoms with Gasteiger partial charge in [0, 0.05) is 33.3 Å². The fraction of sp³-hybridized carbons (Fsp3) is 0.634. The lowest BCUT2D eigenvalue weighted by Gasteiger charge is -2.53. The summed E-state index contributed by atoms with van der Waals surface area (Å²) in [5, 5.41) is 19.5. The largest absolute Gasteiger partial charge is 0.483 e. The molecule has 0 aromatic heterocycles. The van der Waals surface area contributed by atoms with Crippen molar-refractivity contribution in [3.63, 3.8) is 0 Å². The number of halogens is 4. The van der Waals surface area contributed by atoms with E-state index < -0.39 is 0 Å². The van der Waals surface area contributed by atoms with Gasteiger partial charge in [-0.05, 0) is 94.3 Å². The van der Waals surface area contributed by atoms with Gasteiger partial charge >= 0.3 is 0 Å². The smallest absolute Gasteiger partial charge is 0.290 e. The van der Waals surface area contributed by atoms with Crippen molar-refractivity contribution < 1.29 is 34.1 Å². The van der Waals surface area contributed by atoms with Gasteiger partial charge in [0.1, 0.15) is 0 Å². The Hall–Kier alpha value is -2.27. The number of nitrogens with one attached hydrogen (secondary N) is 1. The number of rotatable bonds is 6. The highest BCUT2D eigenvalue weighted by molar-refractivity contribution is 6.42. The zero-order chi connectivity index (χ0) is 41.8. The first-order valence-corrected chi connectivity index (χ1v) is 21.7. The summed E-state index contributed by atoms with van der Waals surface area (Å²) in [5.74, 6) is 0.327. The van der Waals surface area contributed by atoms with E-state index >= 15 is 0 Å². The van der Waals surface area contributed by atoms with Gasteiger partial charge in [-0.15, -0.1) is 0 Å². The fourth-order valence-corrected chi connectivity index (χ4v) is 9.92. The molecule has 0 spiro atoms. The van der Waals surface area contributed by atoms with Crippen molar-refractivity contribution in [1.29, 1.82) is 0 Å². The predicted molar refractivity (Wildman–Crippen MR) is 227 cm³/mol. The number of likely N-dealkylation sites (tertiary alicyclic amines) is 2. The second kappa shape index (κ2) is 23.1. The Morgan fingerprint density at radius 1 is 0.672 bits per heavy atom. The van der Waals surface area contributed by atoms with Crippen LogP contribution in [0.1, 0.15) is 36.8 Å². The molecule has 6 fully saturated rings. The van der Waals surface area contributed by atoms with E-state index in [4.69, 9.17) is 70.9 Å². The number of nitrogens with zero attached hydrogens (tertiary/aromatic N) is 5. The van der Waals surface area contributed by atoms with Crippen LogP contribution in [-0.4, -0.2) is 182 Å². The number of amides is 2. The van der Waals surface area contributed by atoms with Crippen LogP contribution >= 0.6 is 46.4 Å². The Kier molecular flexibility index (Phi) is 18.6. The number of benzene rings is 2. The second-order valence-electron chi connectivity index (χ2n) is 15.4. The van der Waals surface area contributed by atoms with Crippen LogP contribution in [0.15, 0.2) is 36.4 Å². The number of hydrogen-bond acceptors (Lipinski definition) is 10. The molecule has 0 bridgehead atoms. The molecular weight excluding hydrogens is 830 g/mol. The number of carbonyl (C=O) groups is 3. The van der Waals surface area contributed by atoms with E-state index in [1.807, 2.05) is 12.1 Å². The molecule has 2 aromatic carbocycles. The van der Waals surface area contributed by atoms with Crippen molar-refractivity contribution in [3.05, 3.63) is 67.6 Å². The molecule has 2 amide bonds. The molecule has 6 aliphatic heterocycles. The fourth-order valence-electron chi connectivity index (χ4n) is 9.27. The van der Waals surface area contributed by atoms with Gasteiger partial charge in [0.15, 0.2) is 0 Å². The van der Waals surface area contributed by atoms with E-state index in [2.05, 4.69) is 36.9 Å². The molecule has 0 radical (unpaired) electrons. The second-order valence-corrected chi connectivity index (χ2v) is 17.0. The summed E-state index contributed by atoms with van der Waals surface area (Å²) in [5.41, 5.74) is 1.82. The van der Waals surface area contributed by atoms with Crippen LogP contribution in [-0.2, 0) is 36.7 Å². The topological polar surface area (TPSA) is 138 Å². The van der Waals surface area contributed by atoms with Crippen LogP contribution in [0.3, 0.4) is 0 Å². The molecule has 8 rings (SSSR count). The molecule has 2 aromatic rings. The quantitative estimate of drug-likeness (QED) is 0.363. The minimum absolute atomic E-state index is 0.158. The van der Waals surface area contributed by atoms with Crippen molar-refractivity contribution in [3.8, 4) is 0 Å². The first kappa shape index (κ1) is 46.8. The number of hydrogen-bond donors (Lipinski definition) is 3. The van der Waals surface area contributed by atoms with Gasteiger partial charge in [0.2, 0.25) is 11.8 Å². The summed E-state index contributed by atoms with van der Waals surface area (Å²) in [6, 6.07) is 12.3. The Bertz CT molecular complexity index is 1650. The van der Waals surface area contributed by atoms with Crippen LogP contribution in [0, 0.1) is 0 Å². The number of likely N-dealkylation sites (N-methyl/N-ethyl adjacent to an activating group) is 1. The van der Waals surface area contributed by atoms with E-state index in [0.717, 1.165) is 70.6 Å². The zero-order valence-electron chi connectivity index (χ0n) is 33.4. The van der Waals surface area contributed by atoms with Crippen molar-refractivity contribution in [2.24, 2.45) is 0 Å². The highest BCUT2D eigenvalue weighted by Crippen LogP contribution is 2.31. The third kappa shape index (κ3) is 11.8. The molecule has 17 heteroatoms. The molecule has 6 atom stereocenters. The Morgan fingerprint density at radius 2 is 1.12 bits per heavy atom. The molecule has 0 saturated carbocycles. The van der Waals surface area contributed by atoms with Crippen LogP contribution in [0.4, 0.5) is 0 Å². The van der Waals surface area contributed by atoms with Gasteiger partial charge in [0.05, 0.1) is 95.6 Å². The molecule has 3 N–H and O–H groups in total. The van der Waals surface area contributed by atoms with E-state index in [1.54, 1.807) is 24.3 Å². The predicted octanol–water partition coefficient (Wildman–Crippen LogP) is 4.05. The molecule has 6 saturated heterocycles. The van der Waals surface area contributed by atoms with Crippen molar-refractivity contribution in [1.82, 2.24) is 29.8 Å².